The minimum Gasteiger partial charge on any atom is -0.383 e. The highest BCUT2D eigenvalue weighted by molar-refractivity contribution is 5.90. The van der Waals surface area contributed by atoms with Crippen LogP contribution in [0.5, 0.6) is 0 Å². The van der Waals surface area contributed by atoms with Crippen LogP contribution in [0.1, 0.15) is 52.4 Å². The van der Waals surface area contributed by atoms with Gasteiger partial charge in [0.05, 0.1) is 6.61 Å². The summed E-state index contributed by atoms with van der Waals surface area (Å²) in [7, 11) is 1.67. The molecule has 0 aromatic carbocycles. The van der Waals surface area contributed by atoms with Gasteiger partial charge in [0.2, 0.25) is 11.8 Å². The maximum Gasteiger partial charge on any atom is 0.242 e. The zero-order valence-corrected chi connectivity index (χ0v) is 17.2. The van der Waals surface area contributed by atoms with Crippen molar-refractivity contribution >= 4 is 11.8 Å². The Kier molecular flexibility index (Phi) is 6.79. The molecule has 0 spiro atoms. The van der Waals surface area contributed by atoms with E-state index in [1.807, 2.05) is 13.8 Å². The Morgan fingerprint density at radius 2 is 1.59 bits per heavy atom. The first-order valence-corrected chi connectivity index (χ1v) is 10.7. The van der Waals surface area contributed by atoms with Gasteiger partial charge in [0.1, 0.15) is 6.04 Å². The van der Waals surface area contributed by atoms with Crippen LogP contribution < -0.4 is 16.0 Å². The maximum atomic E-state index is 13.2. The molecule has 3 N–H and O–H groups in total. The van der Waals surface area contributed by atoms with Gasteiger partial charge < -0.3 is 20.7 Å². The quantitative estimate of drug-likeness (QED) is 0.505. The molecule has 27 heavy (non-hydrogen) atoms. The summed E-state index contributed by atoms with van der Waals surface area (Å²) < 4.78 is 4.99. The monoisotopic (exact) mass is 379 g/mol. The van der Waals surface area contributed by atoms with Gasteiger partial charge in [-0.1, -0.05) is 13.8 Å². The van der Waals surface area contributed by atoms with Gasteiger partial charge in [-0.15, -0.1) is 0 Å². The molecule has 4 rings (SSSR count). The molecule has 4 saturated carbocycles. The minimum absolute atomic E-state index is 0.0726. The lowest BCUT2D eigenvalue weighted by Crippen LogP contribution is -2.58. The zero-order valence-electron chi connectivity index (χ0n) is 17.2. The second-order valence-corrected chi connectivity index (χ2v) is 9.43. The average Bonchev–Trinajstić information content (AvgIpc) is 2.60. The van der Waals surface area contributed by atoms with Crippen LogP contribution in [0.15, 0.2) is 0 Å². The van der Waals surface area contributed by atoms with Gasteiger partial charge in [-0.25, -0.2) is 0 Å². The van der Waals surface area contributed by atoms with E-state index in [1.54, 1.807) is 7.11 Å². The number of methoxy groups -OCH3 is 1. The van der Waals surface area contributed by atoms with Crippen LogP contribution >= 0.6 is 0 Å². The highest BCUT2D eigenvalue weighted by Gasteiger charge is 2.55. The topological polar surface area (TPSA) is 79.5 Å². The molecule has 0 aromatic heterocycles. The van der Waals surface area contributed by atoms with Crippen molar-refractivity contribution in [3.63, 3.8) is 0 Å². The van der Waals surface area contributed by atoms with Gasteiger partial charge in [-0.3, -0.25) is 9.59 Å². The molecule has 0 aliphatic heterocycles. The molecule has 4 bridgehead atoms. The van der Waals surface area contributed by atoms with Gasteiger partial charge in [0, 0.05) is 32.2 Å². The standard InChI is InChI=1S/C21H37N3O3/c1-14(2)18(19(25)23-5-4-22-6-7-27-3)24-20(26)21-11-15-8-16(12-21)10-17(9-15)13-21/h14-18,22H,4-13H2,1-3H3,(H,23,25)(H,24,26). The summed E-state index contributed by atoms with van der Waals surface area (Å²) in [5.74, 6) is 2.32. The summed E-state index contributed by atoms with van der Waals surface area (Å²) in [5.41, 5.74) is -0.204. The summed E-state index contributed by atoms with van der Waals surface area (Å²) >= 11 is 0. The second-order valence-electron chi connectivity index (χ2n) is 9.43. The first-order chi connectivity index (χ1) is 12.9. The summed E-state index contributed by atoms with van der Waals surface area (Å²) in [6.45, 7) is 6.68. The molecule has 0 heterocycles. The predicted molar refractivity (Wildman–Crippen MR) is 105 cm³/mol. The minimum atomic E-state index is -0.454. The molecule has 0 saturated heterocycles. The lowest BCUT2D eigenvalue weighted by atomic mass is 9.49. The third-order valence-corrected chi connectivity index (χ3v) is 6.84. The molecule has 6 nitrogen and oxygen atoms in total. The number of nitrogens with one attached hydrogen (secondary N) is 3. The van der Waals surface area contributed by atoms with Gasteiger partial charge >= 0.3 is 0 Å². The highest BCUT2D eigenvalue weighted by atomic mass is 16.5. The van der Waals surface area contributed by atoms with Crippen LogP contribution in [0.4, 0.5) is 0 Å². The molecule has 1 unspecified atom stereocenters. The van der Waals surface area contributed by atoms with Crippen molar-refractivity contribution in [3.8, 4) is 0 Å². The summed E-state index contributed by atoms with van der Waals surface area (Å²) in [4.78, 5) is 25.9. The Labute approximate surface area is 163 Å². The van der Waals surface area contributed by atoms with Crippen molar-refractivity contribution in [1.29, 1.82) is 0 Å². The molecular formula is C21H37N3O3. The summed E-state index contributed by atoms with van der Waals surface area (Å²) in [6.07, 6.45) is 7.03. The van der Waals surface area contributed by atoms with Crippen molar-refractivity contribution in [2.75, 3.05) is 33.4 Å². The maximum absolute atomic E-state index is 13.2. The van der Waals surface area contributed by atoms with E-state index in [0.717, 1.165) is 43.6 Å². The number of carbonyl (C=O) groups is 2. The van der Waals surface area contributed by atoms with Crippen LogP contribution in [0.25, 0.3) is 0 Å². The Hall–Kier alpha value is -1.14. The van der Waals surface area contributed by atoms with Crippen molar-refractivity contribution < 1.29 is 14.3 Å². The van der Waals surface area contributed by atoms with E-state index in [2.05, 4.69) is 16.0 Å². The fourth-order valence-corrected chi connectivity index (χ4v) is 5.90. The number of carbonyl (C=O) groups excluding carboxylic acids is 2. The number of amides is 2. The van der Waals surface area contributed by atoms with E-state index in [0.29, 0.717) is 19.7 Å². The molecular weight excluding hydrogens is 342 g/mol. The molecule has 0 radical (unpaired) electrons. The normalized spacial score (nSPS) is 32.5. The van der Waals surface area contributed by atoms with Crippen LogP contribution in [-0.4, -0.2) is 51.2 Å². The largest absolute Gasteiger partial charge is 0.383 e. The fourth-order valence-electron chi connectivity index (χ4n) is 5.90. The van der Waals surface area contributed by atoms with E-state index in [4.69, 9.17) is 4.74 Å². The Morgan fingerprint density at radius 3 is 2.11 bits per heavy atom. The molecule has 4 aliphatic rings. The zero-order chi connectivity index (χ0) is 19.4. The SMILES string of the molecule is COCCNCCNC(=O)C(NC(=O)C12CC3CC(CC(C3)C1)C2)C(C)C. The molecule has 6 heteroatoms. The molecule has 4 fully saturated rings. The van der Waals surface area contributed by atoms with Gasteiger partial charge in [0.15, 0.2) is 0 Å². The smallest absolute Gasteiger partial charge is 0.242 e. The van der Waals surface area contributed by atoms with Gasteiger partial charge in [-0.2, -0.15) is 0 Å². The first-order valence-electron chi connectivity index (χ1n) is 10.7. The second kappa shape index (κ2) is 8.91. The Balaban J connectivity index is 1.51. The molecule has 154 valence electrons. The highest BCUT2D eigenvalue weighted by Crippen LogP contribution is 2.60. The number of hydrogen-bond acceptors (Lipinski definition) is 4. The van der Waals surface area contributed by atoms with Crippen LogP contribution in [0, 0.1) is 29.1 Å². The fraction of sp³-hybridized carbons (Fsp3) is 0.905. The van der Waals surface area contributed by atoms with E-state index < -0.39 is 6.04 Å². The number of ether oxygens (including phenoxy) is 1. The van der Waals surface area contributed by atoms with E-state index in [9.17, 15) is 9.59 Å². The van der Waals surface area contributed by atoms with Crippen molar-refractivity contribution in [1.82, 2.24) is 16.0 Å². The average molecular weight is 380 g/mol. The van der Waals surface area contributed by atoms with Crippen LogP contribution in [0.3, 0.4) is 0 Å². The lowest BCUT2D eigenvalue weighted by Gasteiger charge is -2.55. The van der Waals surface area contributed by atoms with Gasteiger partial charge in [-0.05, 0) is 62.2 Å². The molecule has 1 atom stereocenters. The van der Waals surface area contributed by atoms with E-state index in [1.165, 1.54) is 19.3 Å². The van der Waals surface area contributed by atoms with E-state index in [-0.39, 0.29) is 23.1 Å². The number of hydrogen-bond donors (Lipinski definition) is 3. The summed E-state index contributed by atoms with van der Waals surface area (Å²) in [6, 6.07) is -0.454. The molecule has 4 aliphatic carbocycles. The van der Waals surface area contributed by atoms with Crippen molar-refractivity contribution in [3.05, 3.63) is 0 Å². The Bertz CT molecular complexity index is 499. The van der Waals surface area contributed by atoms with Crippen molar-refractivity contribution in [2.24, 2.45) is 29.1 Å². The molecule has 2 amide bonds. The molecule has 0 aromatic rings. The third-order valence-electron chi connectivity index (χ3n) is 6.84. The lowest BCUT2D eigenvalue weighted by molar-refractivity contribution is -0.149. The summed E-state index contributed by atoms with van der Waals surface area (Å²) in [5, 5.41) is 9.32. The van der Waals surface area contributed by atoms with Gasteiger partial charge in [0.25, 0.3) is 0 Å². The Morgan fingerprint density at radius 1 is 1.00 bits per heavy atom. The third kappa shape index (κ3) is 4.83. The van der Waals surface area contributed by atoms with Crippen molar-refractivity contribution in [2.45, 2.75) is 58.4 Å². The predicted octanol–water partition coefficient (Wildman–Crippen LogP) is 1.70. The van der Waals surface area contributed by atoms with Crippen LogP contribution in [0.2, 0.25) is 0 Å². The van der Waals surface area contributed by atoms with Crippen LogP contribution in [-0.2, 0) is 14.3 Å². The van der Waals surface area contributed by atoms with E-state index >= 15 is 0 Å². The first kappa shape index (κ1) is 20.6. The number of rotatable bonds is 10.